The number of hydrogen-bond donors (Lipinski definition) is 1. The quantitative estimate of drug-likeness (QED) is 0.908. The molecule has 3 nitrogen and oxygen atoms in total. The molecule has 1 heterocycles. The van der Waals surface area contributed by atoms with Crippen LogP contribution in [0.25, 0.3) is 0 Å². The molecule has 1 aromatic carbocycles. The number of nitrogens with zero attached hydrogens (tertiary/aromatic N) is 1. The Morgan fingerprint density at radius 3 is 2.84 bits per heavy atom. The van der Waals surface area contributed by atoms with Gasteiger partial charge in [0.25, 0.3) is 0 Å². The Labute approximate surface area is 116 Å². The fourth-order valence-electron chi connectivity index (χ4n) is 2.95. The Morgan fingerprint density at radius 1 is 1.42 bits per heavy atom. The lowest BCUT2D eigenvalue weighted by molar-refractivity contribution is -0.0601. The van der Waals surface area contributed by atoms with Crippen LogP contribution in [-0.4, -0.2) is 35.8 Å². The van der Waals surface area contributed by atoms with Crippen LogP contribution < -0.4 is 0 Å². The van der Waals surface area contributed by atoms with E-state index in [0.29, 0.717) is 5.75 Å². The third-order valence-corrected chi connectivity index (χ3v) is 4.36. The van der Waals surface area contributed by atoms with Crippen LogP contribution in [0.3, 0.4) is 0 Å². The highest BCUT2D eigenvalue weighted by Gasteiger charge is 2.33. The van der Waals surface area contributed by atoms with Gasteiger partial charge in [-0.2, -0.15) is 0 Å². The van der Waals surface area contributed by atoms with E-state index in [2.05, 4.69) is 31.7 Å². The number of likely N-dealkylation sites (tertiary alicyclic amines) is 1. The van der Waals surface area contributed by atoms with Crippen LogP contribution in [0.4, 0.5) is 0 Å². The molecule has 0 aromatic heterocycles. The second-order valence-electron chi connectivity index (χ2n) is 5.97. The summed E-state index contributed by atoms with van der Waals surface area (Å²) < 4.78 is 5.64. The molecule has 1 saturated heterocycles. The van der Waals surface area contributed by atoms with E-state index in [4.69, 9.17) is 4.74 Å². The zero-order valence-electron chi connectivity index (χ0n) is 12.4. The SMILES string of the molecule is COC1(C)CCCN(C(C)c2cc(C)ccc2O)C1. The first-order chi connectivity index (χ1) is 8.95. The fraction of sp³-hybridized carbons (Fsp3) is 0.625. The highest BCUT2D eigenvalue weighted by atomic mass is 16.5. The minimum absolute atomic E-state index is 0.0635. The molecule has 0 bridgehead atoms. The maximum atomic E-state index is 10.1. The van der Waals surface area contributed by atoms with Crippen molar-refractivity contribution in [3.63, 3.8) is 0 Å². The van der Waals surface area contributed by atoms with Crippen molar-refractivity contribution in [2.75, 3.05) is 20.2 Å². The van der Waals surface area contributed by atoms with Crippen LogP contribution in [0, 0.1) is 6.92 Å². The molecule has 1 fully saturated rings. The van der Waals surface area contributed by atoms with Gasteiger partial charge in [-0.05, 0) is 46.2 Å². The molecule has 0 saturated carbocycles. The fourth-order valence-corrected chi connectivity index (χ4v) is 2.95. The van der Waals surface area contributed by atoms with Gasteiger partial charge < -0.3 is 9.84 Å². The number of phenolic OH excluding ortho intramolecular Hbond substituents is 1. The molecule has 1 aromatic rings. The lowest BCUT2D eigenvalue weighted by Gasteiger charge is -2.42. The molecular weight excluding hydrogens is 238 g/mol. The monoisotopic (exact) mass is 263 g/mol. The number of aromatic hydroxyl groups is 1. The first kappa shape index (κ1) is 14.4. The van der Waals surface area contributed by atoms with Gasteiger partial charge in [0.15, 0.2) is 0 Å². The van der Waals surface area contributed by atoms with Crippen LogP contribution in [0.5, 0.6) is 5.75 Å². The molecule has 0 radical (unpaired) electrons. The molecular formula is C16H25NO2. The summed E-state index contributed by atoms with van der Waals surface area (Å²) in [6.45, 7) is 8.37. The van der Waals surface area contributed by atoms with Gasteiger partial charge in [0.2, 0.25) is 0 Å². The number of phenols is 1. The van der Waals surface area contributed by atoms with Gasteiger partial charge in [0.05, 0.1) is 5.60 Å². The first-order valence-electron chi connectivity index (χ1n) is 7.04. The second-order valence-corrected chi connectivity index (χ2v) is 5.97. The summed E-state index contributed by atoms with van der Waals surface area (Å²) in [6, 6.07) is 6.04. The van der Waals surface area contributed by atoms with Crippen molar-refractivity contribution < 1.29 is 9.84 Å². The molecule has 1 aliphatic rings. The number of benzene rings is 1. The summed E-state index contributed by atoms with van der Waals surface area (Å²) in [5, 5.41) is 10.1. The lowest BCUT2D eigenvalue weighted by atomic mass is 9.92. The minimum Gasteiger partial charge on any atom is -0.508 e. The molecule has 19 heavy (non-hydrogen) atoms. The molecule has 0 spiro atoms. The van der Waals surface area contributed by atoms with Crippen LogP contribution in [0.1, 0.15) is 43.9 Å². The summed E-state index contributed by atoms with van der Waals surface area (Å²) in [5.74, 6) is 0.391. The summed E-state index contributed by atoms with van der Waals surface area (Å²) in [4.78, 5) is 2.40. The molecule has 3 heteroatoms. The highest BCUT2D eigenvalue weighted by molar-refractivity contribution is 5.37. The number of hydrogen-bond acceptors (Lipinski definition) is 3. The predicted molar refractivity (Wildman–Crippen MR) is 77.5 cm³/mol. The van der Waals surface area contributed by atoms with Gasteiger partial charge in [-0.25, -0.2) is 0 Å². The Bertz CT molecular complexity index is 446. The molecule has 106 valence electrons. The van der Waals surface area contributed by atoms with Gasteiger partial charge in [-0.1, -0.05) is 17.7 Å². The van der Waals surface area contributed by atoms with Gasteiger partial charge in [0, 0.05) is 25.3 Å². The molecule has 1 aliphatic heterocycles. The van der Waals surface area contributed by atoms with Crippen molar-refractivity contribution in [3.05, 3.63) is 29.3 Å². The van der Waals surface area contributed by atoms with Crippen molar-refractivity contribution in [2.24, 2.45) is 0 Å². The minimum atomic E-state index is -0.0635. The summed E-state index contributed by atoms with van der Waals surface area (Å²) >= 11 is 0. The van der Waals surface area contributed by atoms with Gasteiger partial charge in [-0.3, -0.25) is 4.90 Å². The maximum Gasteiger partial charge on any atom is 0.120 e. The largest absolute Gasteiger partial charge is 0.508 e. The number of methoxy groups -OCH3 is 1. The Hall–Kier alpha value is -1.06. The van der Waals surface area contributed by atoms with E-state index in [9.17, 15) is 5.11 Å². The van der Waals surface area contributed by atoms with E-state index in [1.54, 1.807) is 13.2 Å². The molecule has 0 aliphatic carbocycles. The standard InChI is InChI=1S/C16H25NO2/c1-12-6-7-15(18)14(10-12)13(2)17-9-5-8-16(3,11-17)19-4/h6-7,10,13,18H,5,8-9,11H2,1-4H3. The van der Waals surface area contributed by atoms with Gasteiger partial charge in [-0.15, -0.1) is 0 Å². The number of aryl methyl sites for hydroxylation is 1. The third kappa shape index (κ3) is 3.10. The average molecular weight is 263 g/mol. The van der Waals surface area contributed by atoms with E-state index in [1.165, 1.54) is 5.56 Å². The van der Waals surface area contributed by atoms with E-state index in [0.717, 1.165) is 31.5 Å². The van der Waals surface area contributed by atoms with Crippen molar-refractivity contribution in [2.45, 2.75) is 45.3 Å². The molecule has 0 amide bonds. The smallest absolute Gasteiger partial charge is 0.120 e. The van der Waals surface area contributed by atoms with Crippen LogP contribution >= 0.6 is 0 Å². The second kappa shape index (κ2) is 5.51. The Balaban J connectivity index is 2.19. The summed E-state index contributed by atoms with van der Waals surface area (Å²) in [5.41, 5.74) is 2.14. The zero-order chi connectivity index (χ0) is 14.0. The van der Waals surface area contributed by atoms with Crippen molar-refractivity contribution in [1.82, 2.24) is 4.90 Å². The van der Waals surface area contributed by atoms with E-state index >= 15 is 0 Å². The van der Waals surface area contributed by atoms with Crippen molar-refractivity contribution in [1.29, 1.82) is 0 Å². The van der Waals surface area contributed by atoms with E-state index in [-0.39, 0.29) is 11.6 Å². The van der Waals surface area contributed by atoms with E-state index < -0.39 is 0 Å². The molecule has 2 unspecified atom stereocenters. The van der Waals surface area contributed by atoms with E-state index in [1.807, 2.05) is 6.07 Å². The number of piperidine rings is 1. The number of rotatable bonds is 3. The van der Waals surface area contributed by atoms with Crippen LogP contribution in [0.2, 0.25) is 0 Å². The topological polar surface area (TPSA) is 32.7 Å². The lowest BCUT2D eigenvalue weighted by Crippen LogP contribution is -2.48. The van der Waals surface area contributed by atoms with Gasteiger partial charge >= 0.3 is 0 Å². The Morgan fingerprint density at radius 2 is 2.16 bits per heavy atom. The third-order valence-electron chi connectivity index (χ3n) is 4.36. The Kier molecular flexibility index (Phi) is 4.16. The summed E-state index contributed by atoms with van der Waals surface area (Å²) in [7, 11) is 1.79. The van der Waals surface area contributed by atoms with Crippen LogP contribution in [0.15, 0.2) is 18.2 Å². The predicted octanol–water partition coefficient (Wildman–Crippen LogP) is 3.26. The molecule has 1 N–H and O–H groups in total. The number of ether oxygens (including phenoxy) is 1. The molecule has 2 rings (SSSR count). The maximum absolute atomic E-state index is 10.1. The van der Waals surface area contributed by atoms with Crippen LogP contribution in [-0.2, 0) is 4.74 Å². The van der Waals surface area contributed by atoms with Gasteiger partial charge in [0.1, 0.15) is 5.75 Å². The summed E-state index contributed by atoms with van der Waals surface area (Å²) in [6.07, 6.45) is 2.24. The highest BCUT2D eigenvalue weighted by Crippen LogP contribution is 2.34. The zero-order valence-corrected chi connectivity index (χ0v) is 12.4. The van der Waals surface area contributed by atoms with Crippen molar-refractivity contribution >= 4 is 0 Å². The normalized spacial score (nSPS) is 26.3. The first-order valence-corrected chi connectivity index (χ1v) is 7.04. The molecule has 2 atom stereocenters. The van der Waals surface area contributed by atoms with Crippen molar-refractivity contribution in [3.8, 4) is 5.75 Å². The average Bonchev–Trinajstić information content (AvgIpc) is 2.41.